The lowest BCUT2D eigenvalue weighted by Gasteiger charge is -2.28. The molecule has 0 radical (unpaired) electrons. The van der Waals surface area contributed by atoms with Crippen LogP contribution in [0.3, 0.4) is 0 Å². The highest BCUT2D eigenvalue weighted by Gasteiger charge is 2.28. The third-order valence-electron chi connectivity index (χ3n) is 5.41. The number of rotatable bonds is 4. The highest BCUT2D eigenvalue weighted by molar-refractivity contribution is 5.59. The monoisotopic (exact) mass is 378 g/mol. The van der Waals surface area contributed by atoms with Crippen LogP contribution in [0.5, 0.6) is 0 Å². The van der Waals surface area contributed by atoms with Crippen LogP contribution in [0.2, 0.25) is 0 Å². The van der Waals surface area contributed by atoms with Gasteiger partial charge in [0.05, 0.1) is 5.69 Å². The first kappa shape index (κ1) is 17.4. The van der Waals surface area contributed by atoms with E-state index in [9.17, 15) is 8.78 Å². The van der Waals surface area contributed by atoms with Crippen molar-refractivity contribution in [1.82, 2.24) is 19.9 Å². The van der Waals surface area contributed by atoms with Crippen molar-refractivity contribution in [3.05, 3.63) is 77.0 Å². The van der Waals surface area contributed by atoms with Crippen LogP contribution < -0.4 is 0 Å². The van der Waals surface area contributed by atoms with Crippen molar-refractivity contribution in [3.63, 3.8) is 0 Å². The van der Waals surface area contributed by atoms with E-state index in [1.165, 1.54) is 36.2 Å². The summed E-state index contributed by atoms with van der Waals surface area (Å²) in [6.07, 6.45) is 7.12. The summed E-state index contributed by atoms with van der Waals surface area (Å²) in [7, 11) is 0. The van der Waals surface area contributed by atoms with Gasteiger partial charge in [-0.2, -0.15) is 0 Å². The summed E-state index contributed by atoms with van der Waals surface area (Å²) in [5, 5.41) is 0. The van der Waals surface area contributed by atoms with Crippen molar-refractivity contribution in [2.24, 2.45) is 0 Å². The lowest BCUT2D eigenvalue weighted by Crippen LogP contribution is -2.31. The molecule has 6 heteroatoms. The average Bonchev–Trinajstić information content (AvgIpc) is 3.54. The Morgan fingerprint density at radius 2 is 1.93 bits per heavy atom. The van der Waals surface area contributed by atoms with Gasteiger partial charge in [-0.1, -0.05) is 6.07 Å². The number of fused-ring (bicyclic) bond motifs is 1. The van der Waals surface area contributed by atoms with E-state index in [4.69, 9.17) is 4.98 Å². The molecule has 28 heavy (non-hydrogen) atoms. The maximum atomic E-state index is 13.9. The normalized spacial score (nSPS) is 16.8. The van der Waals surface area contributed by atoms with Crippen LogP contribution in [0.1, 0.15) is 41.4 Å². The molecule has 0 saturated heterocycles. The fourth-order valence-corrected chi connectivity index (χ4v) is 3.70. The molecule has 0 spiro atoms. The van der Waals surface area contributed by atoms with Gasteiger partial charge in [-0.3, -0.25) is 9.88 Å². The molecule has 0 bridgehead atoms. The van der Waals surface area contributed by atoms with Crippen molar-refractivity contribution in [1.29, 1.82) is 0 Å². The van der Waals surface area contributed by atoms with E-state index in [1.807, 2.05) is 12.3 Å². The van der Waals surface area contributed by atoms with Crippen LogP contribution in [-0.2, 0) is 19.5 Å². The number of pyridine rings is 1. The minimum atomic E-state index is -0.599. The van der Waals surface area contributed by atoms with E-state index in [2.05, 4.69) is 14.9 Å². The van der Waals surface area contributed by atoms with Crippen molar-refractivity contribution in [3.8, 4) is 11.3 Å². The zero-order chi connectivity index (χ0) is 19.1. The van der Waals surface area contributed by atoms with Crippen LogP contribution in [0.4, 0.5) is 8.78 Å². The van der Waals surface area contributed by atoms with E-state index in [0.29, 0.717) is 17.2 Å². The maximum absolute atomic E-state index is 13.9. The lowest BCUT2D eigenvalue weighted by atomic mass is 10.1. The molecule has 0 atom stereocenters. The van der Waals surface area contributed by atoms with Crippen LogP contribution in [0, 0.1) is 11.6 Å². The molecule has 1 fully saturated rings. The van der Waals surface area contributed by atoms with Crippen molar-refractivity contribution < 1.29 is 8.78 Å². The largest absolute Gasteiger partial charge is 0.294 e. The number of aromatic nitrogens is 3. The molecule has 142 valence electrons. The highest BCUT2D eigenvalue weighted by atomic mass is 19.1. The molecule has 1 aromatic carbocycles. The van der Waals surface area contributed by atoms with Crippen molar-refractivity contribution in [2.45, 2.75) is 38.3 Å². The highest BCUT2D eigenvalue weighted by Crippen LogP contribution is 2.38. The van der Waals surface area contributed by atoms with Gasteiger partial charge in [0.2, 0.25) is 0 Å². The quantitative estimate of drug-likeness (QED) is 0.681. The fraction of sp³-hybridized carbons (Fsp3) is 0.318. The summed E-state index contributed by atoms with van der Waals surface area (Å²) in [5.74, 6) is 0.411. The second-order valence-electron chi connectivity index (χ2n) is 7.61. The molecular formula is C22H20F2N4. The van der Waals surface area contributed by atoms with Gasteiger partial charge < -0.3 is 0 Å². The van der Waals surface area contributed by atoms with Crippen LogP contribution in [0.25, 0.3) is 11.3 Å². The van der Waals surface area contributed by atoms with Gasteiger partial charge >= 0.3 is 0 Å². The molecule has 1 aliphatic heterocycles. The molecule has 3 aromatic rings. The Hall–Kier alpha value is -2.73. The SMILES string of the molecule is Fc1ccc(-c2ccc(CN3CCc4nc(C5CC5)ncc4C3)cn2)c(F)c1. The Bertz CT molecular complexity index is 1020. The number of halogens is 2. The molecule has 2 aromatic heterocycles. The lowest BCUT2D eigenvalue weighted by molar-refractivity contribution is 0.242. The summed E-state index contributed by atoms with van der Waals surface area (Å²) in [6.45, 7) is 2.54. The molecule has 1 saturated carbocycles. The summed E-state index contributed by atoms with van der Waals surface area (Å²) >= 11 is 0. The van der Waals surface area contributed by atoms with E-state index in [0.717, 1.165) is 43.5 Å². The first-order valence-corrected chi connectivity index (χ1v) is 9.63. The standard InChI is InChI=1S/C22H20F2N4/c23-17-4-5-18(19(24)9-17)21-6-1-14(10-25-21)12-28-8-7-20-16(13-28)11-26-22(27-20)15-2-3-15/h1,4-6,9-11,15H,2-3,7-8,12-13H2. The van der Waals surface area contributed by atoms with Gasteiger partial charge in [0.1, 0.15) is 17.5 Å². The zero-order valence-electron chi connectivity index (χ0n) is 15.4. The van der Waals surface area contributed by atoms with Gasteiger partial charge in [0, 0.05) is 67.3 Å². The smallest absolute Gasteiger partial charge is 0.135 e. The second-order valence-corrected chi connectivity index (χ2v) is 7.61. The van der Waals surface area contributed by atoms with Crippen LogP contribution in [0.15, 0.2) is 42.7 Å². The van der Waals surface area contributed by atoms with Gasteiger partial charge in [-0.25, -0.2) is 18.7 Å². The number of hydrogen-bond acceptors (Lipinski definition) is 4. The molecule has 0 unspecified atom stereocenters. The van der Waals surface area contributed by atoms with Crippen molar-refractivity contribution in [2.75, 3.05) is 6.54 Å². The minimum absolute atomic E-state index is 0.309. The predicted octanol–water partition coefficient (Wildman–Crippen LogP) is 4.25. The van der Waals surface area contributed by atoms with Crippen molar-refractivity contribution >= 4 is 0 Å². The Morgan fingerprint density at radius 1 is 1.04 bits per heavy atom. The summed E-state index contributed by atoms with van der Waals surface area (Å²) < 4.78 is 27.0. The van der Waals surface area contributed by atoms with Crippen LogP contribution in [-0.4, -0.2) is 26.4 Å². The van der Waals surface area contributed by atoms with Gasteiger partial charge in [-0.05, 0) is 36.6 Å². The Labute approximate surface area is 162 Å². The first-order valence-electron chi connectivity index (χ1n) is 9.63. The third-order valence-corrected chi connectivity index (χ3v) is 5.41. The molecule has 4 nitrogen and oxygen atoms in total. The molecule has 0 N–H and O–H groups in total. The average molecular weight is 378 g/mol. The van der Waals surface area contributed by atoms with Gasteiger partial charge in [0.15, 0.2) is 0 Å². The molecule has 5 rings (SSSR count). The molecule has 2 aliphatic rings. The number of benzene rings is 1. The van der Waals surface area contributed by atoms with E-state index < -0.39 is 11.6 Å². The zero-order valence-corrected chi connectivity index (χ0v) is 15.4. The molecule has 3 heterocycles. The maximum Gasteiger partial charge on any atom is 0.135 e. The Morgan fingerprint density at radius 3 is 2.68 bits per heavy atom. The Kier molecular flexibility index (Phi) is 4.36. The molecule has 1 aliphatic carbocycles. The van der Waals surface area contributed by atoms with Gasteiger partial charge in [0.25, 0.3) is 0 Å². The van der Waals surface area contributed by atoms with E-state index in [-0.39, 0.29) is 0 Å². The number of nitrogens with zero attached hydrogens (tertiary/aromatic N) is 4. The minimum Gasteiger partial charge on any atom is -0.294 e. The first-order chi connectivity index (χ1) is 13.7. The topological polar surface area (TPSA) is 41.9 Å². The summed E-state index contributed by atoms with van der Waals surface area (Å²) in [4.78, 5) is 16.0. The van der Waals surface area contributed by atoms with Crippen LogP contribution >= 0.6 is 0 Å². The van der Waals surface area contributed by atoms with E-state index in [1.54, 1.807) is 12.3 Å². The number of hydrogen-bond donors (Lipinski definition) is 0. The predicted molar refractivity (Wildman–Crippen MR) is 101 cm³/mol. The molecular weight excluding hydrogens is 358 g/mol. The second kappa shape index (κ2) is 7.02. The third kappa shape index (κ3) is 3.52. The van der Waals surface area contributed by atoms with Gasteiger partial charge in [-0.15, -0.1) is 0 Å². The van der Waals surface area contributed by atoms with E-state index >= 15 is 0 Å². The Balaban J connectivity index is 1.27. The summed E-state index contributed by atoms with van der Waals surface area (Å²) in [5.41, 5.74) is 4.27. The fourth-order valence-electron chi connectivity index (χ4n) is 3.70. The molecule has 0 amide bonds. The summed E-state index contributed by atoms with van der Waals surface area (Å²) in [6, 6.07) is 7.29.